The second kappa shape index (κ2) is 5.60. The SMILES string of the molecule is O=S(=O)(CCc1ccccn1)NC1CCCC1. The van der Waals surface area contributed by atoms with E-state index in [1.165, 1.54) is 0 Å². The standard InChI is InChI=1S/C12H18N2O2S/c15-17(16,14-12-6-1-2-7-12)10-8-11-5-3-4-9-13-11/h3-5,9,12,14H,1-2,6-8,10H2. The van der Waals surface area contributed by atoms with Crippen LogP contribution in [-0.2, 0) is 16.4 Å². The number of sulfonamides is 1. The lowest BCUT2D eigenvalue weighted by atomic mass is 10.3. The Hall–Kier alpha value is -0.940. The van der Waals surface area contributed by atoms with Gasteiger partial charge in [-0.1, -0.05) is 18.9 Å². The fourth-order valence-corrected chi connectivity index (χ4v) is 3.48. The molecule has 0 aliphatic heterocycles. The summed E-state index contributed by atoms with van der Waals surface area (Å²) in [6.07, 6.45) is 6.38. The maximum atomic E-state index is 11.8. The van der Waals surface area contributed by atoms with Crippen molar-refractivity contribution < 1.29 is 8.42 Å². The van der Waals surface area contributed by atoms with Crippen molar-refractivity contribution in [3.8, 4) is 0 Å². The van der Waals surface area contributed by atoms with Gasteiger partial charge in [0.05, 0.1) is 5.75 Å². The van der Waals surface area contributed by atoms with Crippen LogP contribution in [-0.4, -0.2) is 25.2 Å². The fraction of sp³-hybridized carbons (Fsp3) is 0.583. The largest absolute Gasteiger partial charge is 0.261 e. The van der Waals surface area contributed by atoms with Gasteiger partial charge in [0.25, 0.3) is 0 Å². The van der Waals surface area contributed by atoms with Gasteiger partial charge < -0.3 is 0 Å². The van der Waals surface area contributed by atoms with Gasteiger partial charge in [-0.15, -0.1) is 0 Å². The molecule has 0 atom stereocenters. The smallest absolute Gasteiger partial charge is 0.212 e. The molecular weight excluding hydrogens is 236 g/mol. The summed E-state index contributed by atoms with van der Waals surface area (Å²) in [5, 5.41) is 0. The van der Waals surface area contributed by atoms with Gasteiger partial charge in [0.1, 0.15) is 0 Å². The zero-order chi connectivity index (χ0) is 12.1. The molecule has 1 saturated carbocycles. The summed E-state index contributed by atoms with van der Waals surface area (Å²) in [5.74, 6) is 0.126. The molecule has 2 rings (SSSR count). The molecule has 94 valence electrons. The second-order valence-electron chi connectivity index (χ2n) is 4.49. The second-order valence-corrected chi connectivity index (χ2v) is 6.36. The summed E-state index contributed by atoms with van der Waals surface area (Å²) < 4.78 is 26.4. The van der Waals surface area contributed by atoms with Crippen LogP contribution in [0.5, 0.6) is 0 Å². The van der Waals surface area contributed by atoms with Crippen LogP contribution in [0.3, 0.4) is 0 Å². The number of nitrogens with one attached hydrogen (secondary N) is 1. The molecule has 5 heteroatoms. The van der Waals surface area contributed by atoms with E-state index in [4.69, 9.17) is 0 Å². The maximum Gasteiger partial charge on any atom is 0.212 e. The van der Waals surface area contributed by atoms with Gasteiger partial charge in [-0.3, -0.25) is 4.98 Å². The molecule has 0 spiro atoms. The Bertz CT molecular complexity index is 439. The van der Waals surface area contributed by atoms with Crippen LogP contribution in [0.25, 0.3) is 0 Å². The molecule has 0 radical (unpaired) electrons. The van der Waals surface area contributed by atoms with Crippen molar-refractivity contribution in [2.75, 3.05) is 5.75 Å². The summed E-state index contributed by atoms with van der Waals surface area (Å²) in [6.45, 7) is 0. The minimum absolute atomic E-state index is 0.126. The summed E-state index contributed by atoms with van der Waals surface area (Å²) in [7, 11) is -3.15. The first-order chi connectivity index (χ1) is 8.16. The van der Waals surface area contributed by atoms with Crippen molar-refractivity contribution in [1.82, 2.24) is 9.71 Å². The lowest BCUT2D eigenvalue weighted by molar-refractivity contribution is 0.551. The van der Waals surface area contributed by atoms with Crippen molar-refractivity contribution in [3.63, 3.8) is 0 Å². The normalized spacial score (nSPS) is 17.4. The summed E-state index contributed by atoms with van der Waals surface area (Å²) >= 11 is 0. The Balaban J connectivity index is 1.85. The Kier molecular flexibility index (Phi) is 4.12. The number of rotatable bonds is 5. The van der Waals surface area contributed by atoms with E-state index in [1.807, 2.05) is 18.2 Å². The van der Waals surface area contributed by atoms with Crippen molar-refractivity contribution >= 4 is 10.0 Å². The number of hydrogen-bond acceptors (Lipinski definition) is 3. The van der Waals surface area contributed by atoms with E-state index in [0.29, 0.717) is 6.42 Å². The van der Waals surface area contributed by atoms with Crippen LogP contribution in [0, 0.1) is 0 Å². The third-order valence-corrected chi connectivity index (χ3v) is 4.49. The van der Waals surface area contributed by atoms with E-state index >= 15 is 0 Å². The van der Waals surface area contributed by atoms with E-state index in [-0.39, 0.29) is 11.8 Å². The number of pyridine rings is 1. The molecule has 4 nitrogen and oxygen atoms in total. The molecule has 1 aromatic heterocycles. The lowest BCUT2D eigenvalue weighted by Gasteiger charge is -2.12. The van der Waals surface area contributed by atoms with Crippen LogP contribution >= 0.6 is 0 Å². The number of aryl methyl sites for hydroxylation is 1. The Morgan fingerprint density at radius 3 is 2.71 bits per heavy atom. The first-order valence-electron chi connectivity index (χ1n) is 6.06. The average Bonchev–Trinajstić information content (AvgIpc) is 2.80. The average molecular weight is 254 g/mol. The van der Waals surface area contributed by atoms with E-state index in [0.717, 1.165) is 31.4 Å². The van der Waals surface area contributed by atoms with Crippen LogP contribution in [0.15, 0.2) is 24.4 Å². The fourth-order valence-electron chi connectivity index (χ4n) is 2.14. The maximum absolute atomic E-state index is 11.8. The molecule has 1 heterocycles. The van der Waals surface area contributed by atoms with Gasteiger partial charge in [0.15, 0.2) is 0 Å². The molecule has 1 fully saturated rings. The summed E-state index contributed by atoms with van der Waals surface area (Å²) in [5.41, 5.74) is 0.823. The first-order valence-corrected chi connectivity index (χ1v) is 7.71. The predicted molar refractivity (Wildman–Crippen MR) is 67.1 cm³/mol. The van der Waals surface area contributed by atoms with Crippen molar-refractivity contribution in [3.05, 3.63) is 30.1 Å². The molecule has 1 N–H and O–H groups in total. The third-order valence-electron chi connectivity index (χ3n) is 3.05. The molecule has 0 saturated heterocycles. The van der Waals surface area contributed by atoms with Crippen LogP contribution in [0.2, 0.25) is 0 Å². The minimum atomic E-state index is -3.15. The van der Waals surface area contributed by atoms with Gasteiger partial charge in [-0.25, -0.2) is 13.1 Å². The highest BCUT2D eigenvalue weighted by molar-refractivity contribution is 7.89. The highest BCUT2D eigenvalue weighted by atomic mass is 32.2. The number of hydrogen-bond donors (Lipinski definition) is 1. The molecule has 0 amide bonds. The minimum Gasteiger partial charge on any atom is -0.261 e. The van der Waals surface area contributed by atoms with E-state index in [1.54, 1.807) is 6.20 Å². The quantitative estimate of drug-likeness (QED) is 0.866. The van der Waals surface area contributed by atoms with Crippen molar-refractivity contribution in [1.29, 1.82) is 0 Å². The van der Waals surface area contributed by atoms with E-state index < -0.39 is 10.0 Å². The van der Waals surface area contributed by atoms with Gasteiger partial charge in [-0.05, 0) is 25.0 Å². The molecular formula is C12H18N2O2S. The van der Waals surface area contributed by atoms with Crippen LogP contribution in [0.4, 0.5) is 0 Å². The van der Waals surface area contributed by atoms with Gasteiger partial charge in [-0.2, -0.15) is 0 Å². The zero-order valence-electron chi connectivity index (χ0n) is 9.80. The van der Waals surface area contributed by atoms with Crippen molar-refractivity contribution in [2.24, 2.45) is 0 Å². The number of nitrogens with zero attached hydrogens (tertiary/aromatic N) is 1. The Morgan fingerprint density at radius 2 is 2.06 bits per heavy atom. The lowest BCUT2D eigenvalue weighted by Crippen LogP contribution is -2.35. The molecule has 0 unspecified atom stereocenters. The molecule has 1 aliphatic rings. The molecule has 1 aromatic rings. The summed E-state index contributed by atoms with van der Waals surface area (Å²) in [4.78, 5) is 4.12. The molecule has 0 bridgehead atoms. The molecule has 0 aromatic carbocycles. The topological polar surface area (TPSA) is 59.1 Å². The third kappa shape index (κ3) is 4.09. The highest BCUT2D eigenvalue weighted by Gasteiger charge is 2.21. The summed E-state index contributed by atoms with van der Waals surface area (Å²) in [6, 6.07) is 5.71. The van der Waals surface area contributed by atoms with Gasteiger partial charge >= 0.3 is 0 Å². The Labute approximate surface area is 103 Å². The zero-order valence-corrected chi connectivity index (χ0v) is 10.6. The molecule has 1 aliphatic carbocycles. The van der Waals surface area contributed by atoms with Crippen LogP contribution < -0.4 is 4.72 Å². The first kappa shape index (κ1) is 12.5. The number of aromatic nitrogens is 1. The van der Waals surface area contributed by atoms with Crippen molar-refractivity contribution in [2.45, 2.75) is 38.1 Å². The monoisotopic (exact) mass is 254 g/mol. The van der Waals surface area contributed by atoms with Gasteiger partial charge in [0.2, 0.25) is 10.0 Å². The molecule has 17 heavy (non-hydrogen) atoms. The van der Waals surface area contributed by atoms with Gasteiger partial charge in [0, 0.05) is 24.4 Å². The van der Waals surface area contributed by atoms with E-state index in [9.17, 15) is 8.42 Å². The van der Waals surface area contributed by atoms with Crippen LogP contribution in [0.1, 0.15) is 31.4 Å². The van der Waals surface area contributed by atoms with E-state index in [2.05, 4.69) is 9.71 Å². The predicted octanol–water partition coefficient (Wildman–Crippen LogP) is 1.49. The Morgan fingerprint density at radius 1 is 1.29 bits per heavy atom. The highest BCUT2D eigenvalue weighted by Crippen LogP contribution is 2.18.